The van der Waals surface area contributed by atoms with Gasteiger partial charge in [-0.15, -0.1) is 0 Å². The summed E-state index contributed by atoms with van der Waals surface area (Å²) in [5.41, 5.74) is 1.78. The third kappa shape index (κ3) is 2.50. The highest BCUT2D eigenvalue weighted by Gasteiger charge is 2.29. The van der Waals surface area contributed by atoms with Gasteiger partial charge in [0.05, 0.1) is 0 Å². The molecule has 0 radical (unpaired) electrons. The molecule has 0 saturated carbocycles. The SMILES string of the molecule is O=C(c1ccccc1)N1CCC(c2c[nH]c(=O)c3ccccc23)C1. The maximum Gasteiger partial charge on any atom is 0.255 e. The van der Waals surface area contributed by atoms with Crippen LogP contribution in [0.1, 0.15) is 28.3 Å². The molecule has 1 fully saturated rings. The van der Waals surface area contributed by atoms with Crippen LogP contribution in [-0.2, 0) is 0 Å². The second-order valence-electron chi connectivity index (χ2n) is 6.22. The van der Waals surface area contributed by atoms with Crippen molar-refractivity contribution in [3.8, 4) is 0 Å². The maximum absolute atomic E-state index is 12.6. The first-order valence-electron chi connectivity index (χ1n) is 8.18. The van der Waals surface area contributed by atoms with Crippen LogP contribution in [0.2, 0.25) is 0 Å². The van der Waals surface area contributed by atoms with Gasteiger partial charge in [-0.2, -0.15) is 0 Å². The number of hydrogen-bond donors (Lipinski definition) is 1. The van der Waals surface area contributed by atoms with Crippen molar-refractivity contribution in [2.45, 2.75) is 12.3 Å². The van der Waals surface area contributed by atoms with Gasteiger partial charge in [0.2, 0.25) is 0 Å². The zero-order valence-corrected chi connectivity index (χ0v) is 13.2. The van der Waals surface area contributed by atoms with Crippen molar-refractivity contribution in [3.63, 3.8) is 0 Å². The molecule has 0 spiro atoms. The maximum atomic E-state index is 12.6. The number of carbonyl (C=O) groups is 1. The van der Waals surface area contributed by atoms with Crippen LogP contribution in [0, 0.1) is 0 Å². The Morgan fingerprint density at radius 3 is 2.50 bits per heavy atom. The zero-order valence-electron chi connectivity index (χ0n) is 13.2. The van der Waals surface area contributed by atoms with Crippen molar-refractivity contribution in [2.24, 2.45) is 0 Å². The lowest BCUT2D eigenvalue weighted by Gasteiger charge is -2.17. The van der Waals surface area contributed by atoms with Gasteiger partial charge in [-0.1, -0.05) is 36.4 Å². The summed E-state index contributed by atoms with van der Waals surface area (Å²) in [6.45, 7) is 1.43. The minimum atomic E-state index is -0.0652. The normalized spacial score (nSPS) is 17.3. The topological polar surface area (TPSA) is 53.2 Å². The van der Waals surface area contributed by atoms with Crippen LogP contribution in [-0.4, -0.2) is 28.9 Å². The molecule has 120 valence electrons. The Bertz CT molecular complexity index is 947. The van der Waals surface area contributed by atoms with Crippen LogP contribution in [0.4, 0.5) is 0 Å². The van der Waals surface area contributed by atoms with Gasteiger partial charge < -0.3 is 9.88 Å². The molecule has 0 bridgehead atoms. The van der Waals surface area contributed by atoms with Gasteiger partial charge in [-0.25, -0.2) is 0 Å². The van der Waals surface area contributed by atoms with E-state index in [2.05, 4.69) is 4.98 Å². The Kier molecular flexibility index (Phi) is 3.65. The number of benzene rings is 2. The lowest BCUT2D eigenvalue weighted by atomic mass is 9.95. The van der Waals surface area contributed by atoms with E-state index in [-0.39, 0.29) is 17.4 Å². The number of nitrogens with one attached hydrogen (secondary N) is 1. The fourth-order valence-corrected chi connectivity index (χ4v) is 3.53. The molecule has 4 nitrogen and oxygen atoms in total. The summed E-state index contributed by atoms with van der Waals surface area (Å²) in [7, 11) is 0. The largest absolute Gasteiger partial charge is 0.338 e. The van der Waals surface area contributed by atoms with Crippen LogP contribution < -0.4 is 5.56 Å². The molecule has 1 aliphatic heterocycles. The number of aromatic amines is 1. The molecule has 2 aromatic carbocycles. The number of rotatable bonds is 2. The minimum absolute atomic E-state index is 0.0652. The summed E-state index contributed by atoms with van der Waals surface area (Å²) < 4.78 is 0. The third-order valence-electron chi connectivity index (χ3n) is 4.78. The number of H-pyrrole nitrogens is 1. The average molecular weight is 318 g/mol. The molecule has 1 amide bonds. The highest BCUT2D eigenvalue weighted by Crippen LogP contribution is 2.31. The second-order valence-corrected chi connectivity index (χ2v) is 6.22. The lowest BCUT2D eigenvalue weighted by Crippen LogP contribution is -2.28. The standard InChI is InChI=1S/C20H18N2O2/c23-19-17-9-5-4-8-16(17)18(12-21-19)15-10-11-22(13-15)20(24)14-6-2-1-3-7-14/h1-9,12,15H,10-11,13H2,(H,21,23). The van der Waals surface area contributed by atoms with Crippen molar-refractivity contribution in [3.05, 3.63) is 82.3 Å². The van der Waals surface area contributed by atoms with E-state index in [9.17, 15) is 9.59 Å². The molecular formula is C20H18N2O2. The average Bonchev–Trinajstić information content (AvgIpc) is 3.12. The number of pyridine rings is 1. The quantitative estimate of drug-likeness (QED) is 0.789. The van der Waals surface area contributed by atoms with Crippen LogP contribution in [0.3, 0.4) is 0 Å². The summed E-state index contributed by atoms with van der Waals surface area (Å²) in [5.74, 6) is 0.325. The molecule has 4 heteroatoms. The molecule has 0 aliphatic carbocycles. The van der Waals surface area contributed by atoms with Crippen LogP contribution in [0.25, 0.3) is 10.8 Å². The predicted molar refractivity (Wildman–Crippen MR) is 94.3 cm³/mol. The van der Waals surface area contributed by atoms with E-state index in [0.29, 0.717) is 11.9 Å². The van der Waals surface area contributed by atoms with Crippen LogP contribution in [0.5, 0.6) is 0 Å². The summed E-state index contributed by atoms with van der Waals surface area (Å²) in [4.78, 5) is 29.3. The van der Waals surface area contributed by atoms with Crippen molar-refractivity contribution in [1.82, 2.24) is 9.88 Å². The summed E-state index contributed by atoms with van der Waals surface area (Å²) in [5, 5.41) is 1.70. The molecule has 4 rings (SSSR count). The van der Waals surface area contributed by atoms with E-state index in [1.165, 1.54) is 0 Å². The van der Waals surface area contributed by atoms with E-state index < -0.39 is 0 Å². The van der Waals surface area contributed by atoms with Gasteiger partial charge in [0.1, 0.15) is 0 Å². The fraction of sp³-hybridized carbons (Fsp3) is 0.200. The number of hydrogen-bond acceptors (Lipinski definition) is 2. The lowest BCUT2D eigenvalue weighted by molar-refractivity contribution is 0.0791. The first-order valence-corrected chi connectivity index (χ1v) is 8.18. The van der Waals surface area contributed by atoms with E-state index in [0.717, 1.165) is 29.5 Å². The van der Waals surface area contributed by atoms with E-state index >= 15 is 0 Å². The minimum Gasteiger partial charge on any atom is -0.338 e. The van der Waals surface area contributed by atoms with Crippen molar-refractivity contribution >= 4 is 16.7 Å². The number of likely N-dealkylation sites (tertiary alicyclic amines) is 1. The molecule has 1 atom stereocenters. The number of nitrogens with zero attached hydrogens (tertiary/aromatic N) is 1. The molecule has 1 N–H and O–H groups in total. The van der Waals surface area contributed by atoms with E-state index in [1.807, 2.05) is 65.7 Å². The van der Waals surface area contributed by atoms with E-state index in [1.54, 1.807) is 0 Å². The summed E-state index contributed by atoms with van der Waals surface area (Å²) in [6.07, 6.45) is 2.72. The first-order chi connectivity index (χ1) is 11.7. The van der Waals surface area contributed by atoms with Crippen molar-refractivity contribution in [2.75, 3.05) is 13.1 Å². The highest BCUT2D eigenvalue weighted by atomic mass is 16.2. The van der Waals surface area contributed by atoms with Crippen molar-refractivity contribution in [1.29, 1.82) is 0 Å². The third-order valence-corrected chi connectivity index (χ3v) is 4.78. The van der Waals surface area contributed by atoms with E-state index in [4.69, 9.17) is 0 Å². The number of amides is 1. The molecule has 1 saturated heterocycles. The summed E-state index contributed by atoms with van der Waals surface area (Å²) >= 11 is 0. The molecule has 1 aliphatic rings. The van der Waals surface area contributed by atoms with Crippen molar-refractivity contribution < 1.29 is 4.79 Å². The Morgan fingerprint density at radius 2 is 1.71 bits per heavy atom. The van der Waals surface area contributed by atoms with Gasteiger partial charge in [0.15, 0.2) is 0 Å². The molecular weight excluding hydrogens is 300 g/mol. The predicted octanol–water partition coefficient (Wildman–Crippen LogP) is 3.16. The Hall–Kier alpha value is -2.88. The Balaban J connectivity index is 1.63. The first kappa shape index (κ1) is 14.7. The molecule has 2 heterocycles. The fourth-order valence-electron chi connectivity index (χ4n) is 3.53. The van der Waals surface area contributed by atoms with Gasteiger partial charge >= 0.3 is 0 Å². The second kappa shape index (κ2) is 5.96. The zero-order chi connectivity index (χ0) is 16.5. The summed E-state index contributed by atoms with van der Waals surface area (Å²) in [6, 6.07) is 17.0. The molecule has 3 aromatic rings. The van der Waals surface area contributed by atoms with Crippen LogP contribution in [0.15, 0.2) is 65.6 Å². The number of carbonyl (C=O) groups excluding carboxylic acids is 1. The van der Waals surface area contributed by atoms with Gasteiger partial charge in [-0.05, 0) is 35.6 Å². The monoisotopic (exact) mass is 318 g/mol. The van der Waals surface area contributed by atoms with Gasteiger partial charge in [0, 0.05) is 36.2 Å². The highest BCUT2D eigenvalue weighted by molar-refractivity contribution is 5.94. The molecule has 1 aromatic heterocycles. The number of aromatic nitrogens is 1. The van der Waals surface area contributed by atoms with Gasteiger partial charge in [0.25, 0.3) is 11.5 Å². The van der Waals surface area contributed by atoms with Gasteiger partial charge in [-0.3, -0.25) is 9.59 Å². The molecule has 1 unspecified atom stereocenters. The molecule has 24 heavy (non-hydrogen) atoms. The van der Waals surface area contributed by atoms with Crippen LogP contribution >= 0.6 is 0 Å². The number of fused-ring (bicyclic) bond motifs is 1. The Morgan fingerprint density at radius 1 is 1.00 bits per heavy atom. The Labute approximate surface area is 139 Å². The smallest absolute Gasteiger partial charge is 0.255 e.